The largest absolute Gasteiger partial charge is 0.455 e. The van der Waals surface area contributed by atoms with Crippen molar-refractivity contribution in [2.75, 3.05) is 4.90 Å². The van der Waals surface area contributed by atoms with Gasteiger partial charge in [0, 0.05) is 32.9 Å². The Kier molecular flexibility index (Phi) is 7.18. The van der Waals surface area contributed by atoms with Gasteiger partial charge in [-0.15, -0.1) is 0 Å². The predicted molar refractivity (Wildman–Crippen MR) is 220 cm³/mol. The third kappa shape index (κ3) is 5.12. The van der Waals surface area contributed by atoms with Gasteiger partial charge in [-0.3, -0.25) is 0 Å². The van der Waals surface area contributed by atoms with Crippen molar-refractivity contribution < 1.29 is 4.42 Å². The van der Waals surface area contributed by atoms with E-state index in [4.69, 9.17) is 4.42 Å². The van der Waals surface area contributed by atoms with Gasteiger partial charge in [0.25, 0.3) is 0 Å². The molecular weight excluding hydrogens is 631 g/mol. The zero-order valence-corrected chi connectivity index (χ0v) is 28.4. The molecule has 0 spiro atoms. The number of anilines is 3. The van der Waals surface area contributed by atoms with Gasteiger partial charge in [-0.1, -0.05) is 152 Å². The molecule has 0 aliphatic carbocycles. The molecule has 0 amide bonds. The maximum Gasteiger partial charge on any atom is 0.143 e. The van der Waals surface area contributed by atoms with Crippen molar-refractivity contribution in [2.24, 2.45) is 0 Å². The number of furan rings is 1. The van der Waals surface area contributed by atoms with Gasteiger partial charge in [-0.2, -0.15) is 0 Å². The number of hydrogen-bond donors (Lipinski definition) is 0. The summed E-state index contributed by atoms with van der Waals surface area (Å²) in [7, 11) is 0. The molecule has 1 heterocycles. The topological polar surface area (TPSA) is 16.4 Å². The lowest BCUT2D eigenvalue weighted by Crippen LogP contribution is -2.11. The second kappa shape index (κ2) is 12.5. The lowest BCUT2D eigenvalue weighted by atomic mass is 9.96. The van der Waals surface area contributed by atoms with Crippen molar-refractivity contribution in [1.82, 2.24) is 0 Å². The number of fused-ring (bicyclic) bond motifs is 6. The fraction of sp³-hybridized carbons (Fsp3) is 0. The summed E-state index contributed by atoms with van der Waals surface area (Å²) in [5, 5.41) is 7.00. The van der Waals surface area contributed by atoms with Crippen LogP contribution in [0.4, 0.5) is 17.1 Å². The maximum absolute atomic E-state index is 6.53. The SMILES string of the molecule is c1ccc(-c2cc(-c3ccccc3)cc(N(c3ccc(-c4cccc5oc6c7ccccc7ccc6c45)cc3)c3cccc4ccccc34)c2)cc1. The van der Waals surface area contributed by atoms with Gasteiger partial charge in [0.1, 0.15) is 11.2 Å². The van der Waals surface area contributed by atoms with Crippen LogP contribution in [0.3, 0.4) is 0 Å². The maximum atomic E-state index is 6.53. The van der Waals surface area contributed by atoms with E-state index in [0.29, 0.717) is 0 Å². The van der Waals surface area contributed by atoms with Crippen LogP contribution in [0.2, 0.25) is 0 Å². The summed E-state index contributed by atoms with van der Waals surface area (Å²) in [6, 6.07) is 71.7. The molecule has 0 saturated heterocycles. The molecule has 2 nitrogen and oxygen atoms in total. The van der Waals surface area contributed by atoms with Crippen LogP contribution in [-0.2, 0) is 0 Å². The van der Waals surface area contributed by atoms with Crippen molar-refractivity contribution in [3.05, 3.63) is 200 Å². The van der Waals surface area contributed by atoms with Crippen molar-refractivity contribution in [3.8, 4) is 33.4 Å². The van der Waals surface area contributed by atoms with Crippen molar-refractivity contribution in [3.63, 3.8) is 0 Å². The highest BCUT2D eigenvalue weighted by Crippen LogP contribution is 2.44. The summed E-state index contributed by atoms with van der Waals surface area (Å²) in [6.07, 6.45) is 0. The average Bonchev–Trinajstić information content (AvgIpc) is 3.62. The van der Waals surface area contributed by atoms with E-state index in [1.165, 1.54) is 38.4 Å². The first-order valence-electron chi connectivity index (χ1n) is 17.8. The van der Waals surface area contributed by atoms with Gasteiger partial charge in [0.05, 0.1) is 5.69 Å². The molecule has 52 heavy (non-hydrogen) atoms. The summed E-state index contributed by atoms with van der Waals surface area (Å²) in [5.74, 6) is 0. The fourth-order valence-corrected chi connectivity index (χ4v) is 7.75. The molecule has 0 aliphatic heterocycles. The third-order valence-electron chi connectivity index (χ3n) is 10.2. The molecule has 2 heteroatoms. The minimum Gasteiger partial charge on any atom is -0.455 e. The van der Waals surface area contributed by atoms with Crippen LogP contribution in [0.1, 0.15) is 0 Å². The highest BCUT2D eigenvalue weighted by atomic mass is 16.3. The van der Waals surface area contributed by atoms with Crippen LogP contribution in [0.5, 0.6) is 0 Å². The van der Waals surface area contributed by atoms with E-state index in [2.05, 4.69) is 205 Å². The summed E-state index contributed by atoms with van der Waals surface area (Å²) >= 11 is 0. The van der Waals surface area contributed by atoms with Crippen LogP contribution in [0.15, 0.2) is 205 Å². The zero-order chi connectivity index (χ0) is 34.4. The molecule has 0 radical (unpaired) electrons. The first kappa shape index (κ1) is 30.0. The molecule has 1 aromatic heterocycles. The van der Waals surface area contributed by atoms with Crippen LogP contribution in [-0.4, -0.2) is 0 Å². The van der Waals surface area contributed by atoms with E-state index in [-0.39, 0.29) is 0 Å². The summed E-state index contributed by atoms with van der Waals surface area (Å²) in [4.78, 5) is 2.41. The molecule has 0 aliphatic rings. The molecule has 244 valence electrons. The first-order valence-corrected chi connectivity index (χ1v) is 17.8. The Bertz CT molecular complexity index is 2830. The van der Waals surface area contributed by atoms with E-state index in [9.17, 15) is 0 Å². The molecule has 10 rings (SSSR count). The lowest BCUT2D eigenvalue weighted by molar-refractivity contribution is 0.673. The molecule has 0 saturated carbocycles. The quantitative estimate of drug-likeness (QED) is 0.176. The summed E-state index contributed by atoms with van der Waals surface area (Å²) in [6.45, 7) is 0. The van der Waals surface area contributed by atoms with Crippen molar-refractivity contribution in [1.29, 1.82) is 0 Å². The van der Waals surface area contributed by atoms with E-state index < -0.39 is 0 Å². The van der Waals surface area contributed by atoms with Gasteiger partial charge in [0.15, 0.2) is 0 Å². The highest BCUT2D eigenvalue weighted by Gasteiger charge is 2.19. The lowest BCUT2D eigenvalue weighted by Gasteiger charge is -2.28. The van der Waals surface area contributed by atoms with E-state index in [0.717, 1.165) is 55.5 Å². The Labute approximate surface area is 302 Å². The minimum atomic E-state index is 0.900. The first-order chi connectivity index (χ1) is 25.8. The van der Waals surface area contributed by atoms with Gasteiger partial charge < -0.3 is 9.32 Å². The Hall–Kier alpha value is -6.90. The third-order valence-corrected chi connectivity index (χ3v) is 10.2. The summed E-state index contributed by atoms with van der Waals surface area (Å²) in [5.41, 5.74) is 12.2. The number of nitrogens with zero attached hydrogens (tertiary/aromatic N) is 1. The number of hydrogen-bond acceptors (Lipinski definition) is 2. The monoisotopic (exact) mass is 663 g/mol. The molecule has 0 N–H and O–H groups in total. The average molecular weight is 664 g/mol. The van der Waals surface area contributed by atoms with Crippen molar-refractivity contribution >= 4 is 60.5 Å². The Morgan fingerprint density at radius 1 is 0.346 bits per heavy atom. The molecule has 0 fully saturated rings. The minimum absolute atomic E-state index is 0.900. The Morgan fingerprint density at radius 3 is 1.65 bits per heavy atom. The number of benzene rings is 9. The van der Waals surface area contributed by atoms with Crippen LogP contribution < -0.4 is 4.90 Å². The molecule has 0 atom stereocenters. The highest BCUT2D eigenvalue weighted by molar-refractivity contribution is 6.19. The molecule has 9 aromatic carbocycles. The normalized spacial score (nSPS) is 11.5. The predicted octanol–water partition coefficient (Wildman–Crippen LogP) is 14.4. The van der Waals surface area contributed by atoms with Gasteiger partial charge in [0.2, 0.25) is 0 Å². The van der Waals surface area contributed by atoms with Gasteiger partial charge in [-0.25, -0.2) is 0 Å². The fourth-order valence-electron chi connectivity index (χ4n) is 7.75. The van der Waals surface area contributed by atoms with E-state index >= 15 is 0 Å². The molecule has 10 aromatic rings. The number of rotatable bonds is 6. The van der Waals surface area contributed by atoms with Gasteiger partial charge >= 0.3 is 0 Å². The van der Waals surface area contributed by atoms with Gasteiger partial charge in [-0.05, 0) is 92.7 Å². The molecular formula is C50H33NO. The Balaban J connectivity index is 1.17. The standard InChI is InChI=1S/C50H33NO/c1-3-13-34(14-4-1)39-31-40(35-15-5-2-6-16-35)33-42(32-39)51(47-23-11-19-36-17-7-9-20-43(36)47)41-28-25-38(26-29-41)44-22-12-24-48-49(44)46-30-27-37-18-8-10-21-45(37)50(46)52-48/h1-33H. The van der Waals surface area contributed by atoms with Crippen molar-refractivity contribution in [2.45, 2.75) is 0 Å². The van der Waals surface area contributed by atoms with Crippen LogP contribution in [0.25, 0.3) is 76.9 Å². The second-order valence-electron chi connectivity index (χ2n) is 13.3. The summed E-state index contributed by atoms with van der Waals surface area (Å²) < 4.78 is 6.53. The second-order valence-corrected chi connectivity index (χ2v) is 13.3. The van der Waals surface area contributed by atoms with Crippen LogP contribution in [0, 0.1) is 0 Å². The van der Waals surface area contributed by atoms with E-state index in [1.54, 1.807) is 0 Å². The molecule has 0 unspecified atom stereocenters. The Morgan fingerprint density at radius 2 is 0.942 bits per heavy atom. The smallest absolute Gasteiger partial charge is 0.143 e. The molecule has 0 bridgehead atoms. The van der Waals surface area contributed by atoms with Crippen LogP contribution >= 0.6 is 0 Å². The van der Waals surface area contributed by atoms with E-state index in [1.807, 2.05) is 0 Å². The zero-order valence-electron chi connectivity index (χ0n) is 28.4.